The molecule has 0 spiro atoms. The second kappa shape index (κ2) is 16.9. The monoisotopic (exact) mass is 601 g/mol. The van der Waals surface area contributed by atoms with Gasteiger partial charge in [-0.2, -0.15) is 5.10 Å². The molecule has 11 heteroatoms. The summed E-state index contributed by atoms with van der Waals surface area (Å²) in [6, 6.07) is 21.3. The zero-order valence-electron chi connectivity index (χ0n) is 24.8. The summed E-state index contributed by atoms with van der Waals surface area (Å²) in [5.41, 5.74) is 2.95. The molecule has 0 saturated carbocycles. The zero-order valence-corrected chi connectivity index (χ0v) is 25.6. The van der Waals surface area contributed by atoms with E-state index in [1.807, 2.05) is 38.1 Å². The minimum Gasteiger partial charge on any atom is -0.484 e. The minimum absolute atomic E-state index is 0.0324. The highest BCUT2D eigenvalue weighted by Gasteiger charge is 2.11. The van der Waals surface area contributed by atoms with Crippen LogP contribution in [0.1, 0.15) is 48.5 Å². The summed E-state index contributed by atoms with van der Waals surface area (Å²) in [4.78, 5) is 26.5. The molecule has 2 aromatic carbocycles. The summed E-state index contributed by atoms with van der Waals surface area (Å²) < 4.78 is 5.65. The lowest BCUT2D eigenvalue weighted by atomic mass is 10.1. The number of aryl methyl sites for hydroxylation is 2. The van der Waals surface area contributed by atoms with Crippen molar-refractivity contribution in [3.63, 3.8) is 0 Å². The van der Waals surface area contributed by atoms with Crippen LogP contribution in [0.3, 0.4) is 0 Å². The normalized spacial score (nSPS) is 10.7. The molecule has 0 aliphatic rings. The Morgan fingerprint density at radius 2 is 1.63 bits per heavy atom. The van der Waals surface area contributed by atoms with Gasteiger partial charge in [-0.15, -0.1) is 15.3 Å². The fourth-order valence-electron chi connectivity index (χ4n) is 4.46. The Balaban J connectivity index is 1.13. The van der Waals surface area contributed by atoms with E-state index in [0.29, 0.717) is 24.7 Å². The standard InChI is InChI=1S/C32H39N7O3S/c1-3-39(4-2)31(41)23-42-27-15-10-13-25(21-27)22-29(40)34-28-18-17-26(35-36-28)14-8-9-16-30-37-38-32(43-30)33-20-19-24-11-6-5-7-12-24/h5-7,10-13,15,17-18,21H,3-4,8-9,14,16,19-20,22-23H2,1-2H3,(H,33,38)(H,34,36,40). The number of carbonyl (C=O) groups excluding carboxylic acids is 2. The predicted molar refractivity (Wildman–Crippen MR) is 169 cm³/mol. The van der Waals surface area contributed by atoms with Gasteiger partial charge in [-0.1, -0.05) is 53.8 Å². The lowest BCUT2D eigenvalue weighted by Gasteiger charge is -2.18. The van der Waals surface area contributed by atoms with E-state index < -0.39 is 0 Å². The molecule has 2 aromatic heterocycles. The predicted octanol–water partition coefficient (Wildman–Crippen LogP) is 4.98. The van der Waals surface area contributed by atoms with Gasteiger partial charge in [0.25, 0.3) is 5.91 Å². The first-order valence-corrected chi connectivity index (χ1v) is 15.6. The number of amides is 2. The van der Waals surface area contributed by atoms with E-state index in [1.165, 1.54) is 5.56 Å². The van der Waals surface area contributed by atoms with Gasteiger partial charge >= 0.3 is 0 Å². The molecule has 0 fully saturated rings. The van der Waals surface area contributed by atoms with E-state index in [0.717, 1.165) is 60.0 Å². The summed E-state index contributed by atoms with van der Waals surface area (Å²) >= 11 is 1.61. The summed E-state index contributed by atoms with van der Waals surface area (Å²) in [7, 11) is 0. The Bertz CT molecular complexity index is 1430. The summed E-state index contributed by atoms with van der Waals surface area (Å²) in [5.74, 6) is 0.692. The smallest absolute Gasteiger partial charge is 0.260 e. The van der Waals surface area contributed by atoms with Crippen molar-refractivity contribution in [3.05, 3.63) is 88.6 Å². The maximum absolute atomic E-state index is 12.6. The molecule has 0 aliphatic carbocycles. The Hall–Kier alpha value is -4.38. The van der Waals surface area contributed by atoms with Gasteiger partial charge in [0, 0.05) is 26.1 Å². The molecule has 0 atom stereocenters. The first-order valence-electron chi connectivity index (χ1n) is 14.7. The van der Waals surface area contributed by atoms with Crippen LogP contribution < -0.4 is 15.4 Å². The minimum atomic E-state index is -0.204. The fraction of sp³-hybridized carbons (Fsp3) is 0.375. The molecule has 43 heavy (non-hydrogen) atoms. The molecular weight excluding hydrogens is 562 g/mol. The van der Waals surface area contributed by atoms with Crippen LogP contribution >= 0.6 is 11.3 Å². The molecule has 2 heterocycles. The molecular formula is C32H39N7O3S. The second-order valence-corrected chi connectivity index (χ2v) is 11.1. The first-order chi connectivity index (χ1) is 21.0. The number of nitrogens with one attached hydrogen (secondary N) is 2. The number of benzene rings is 2. The van der Waals surface area contributed by atoms with Crippen LogP contribution in [0.2, 0.25) is 0 Å². The molecule has 0 bridgehead atoms. The third-order valence-corrected chi connectivity index (χ3v) is 7.74. The molecule has 0 radical (unpaired) electrons. The van der Waals surface area contributed by atoms with E-state index in [-0.39, 0.29) is 24.8 Å². The number of unbranched alkanes of at least 4 members (excludes halogenated alkanes) is 1. The number of ether oxygens (including phenoxy) is 1. The largest absolute Gasteiger partial charge is 0.484 e. The third kappa shape index (κ3) is 10.8. The Morgan fingerprint density at radius 3 is 2.40 bits per heavy atom. The molecule has 2 amide bonds. The van der Waals surface area contributed by atoms with Gasteiger partial charge in [-0.05, 0) is 74.9 Å². The number of hydrogen-bond donors (Lipinski definition) is 2. The molecule has 2 N–H and O–H groups in total. The number of nitrogens with zero attached hydrogens (tertiary/aromatic N) is 5. The molecule has 10 nitrogen and oxygen atoms in total. The van der Waals surface area contributed by atoms with Gasteiger partial charge < -0.3 is 20.3 Å². The van der Waals surface area contributed by atoms with Gasteiger partial charge in [0.2, 0.25) is 11.0 Å². The van der Waals surface area contributed by atoms with E-state index in [9.17, 15) is 9.59 Å². The first kappa shape index (κ1) is 31.6. The highest BCUT2D eigenvalue weighted by Crippen LogP contribution is 2.18. The summed E-state index contributed by atoms with van der Waals surface area (Å²) in [5, 5.41) is 25.0. The Morgan fingerprint density at radius 1 is 0.837 bits per heavy atom. The maximum Gasteiger partial charge on any atom is 0.260 e. The van der Waals surface area contributed by atoms with Crippen LogP contribution in [-0.2, 0) is 35.3 Å². The Kier molecular flexibility index (Phi) is 12.4. The third-order valence-electron chi connectivity index (χ3n) is 6.80. The van der Waals surface area contributed by atoms with Crippen LogP contribution in [0.5, 0.6) is 5.75 Å². The van der Waals surface area contributed by atoms with Gasteiger partial charge in [-0.25, -0.2) is 0 Å². The van der Waals surface area contributed by atoms with Crippen molar-refractivity contribution >= 4 is 34.1 Å². The quantitative estimate of drug-likeness (QED) is 0.163. The zero-order chi connectivity index (χ0) is 30.3. The number of likely N-dealkylation sites (N-methyl/N-ethyl adjacent to an activating group) is 1. The average molecular weight is 602 g/mol. The van der Waals surface area contributed by atoms with E-state index in [1.54, 1.807) is 34.4 Å². The van der Waals surface area contributed by atoms with Crippen molar-refractivity contribution in [2.45, 2.75) is 52.4 Å². The highest BCUT2D eigenvalue weighted by molar-refractivity contribution is 7.15. The van der Waals surface area contributed by atoms with Crippen molar-refractivity contribution in [1.29, 1.82) is 0 Å². The lowest BCUT2D eigenvalue weighted by molar-refractivity contribution is -0.133. The van der Waals surface area contributed by atoms with Crippen molar-refractivity contribution < 1.29 is 14.3 Å². The van der Waals surface area contributed by atoms with Gasteiger partial charge in [0.05, 0.1) is 12.1 Å². The van der Waals surface area contributed by atoms with Crippen molar-refractivity contribution in [3.8, 4) is 5.75 Å². The second-order valence-electron chi connectivity index (χ2n) is 10.0. The van der Waals surface area contributed by atoms with Crippen LogP contribution in [0.25, 0.3) is 0 Å². The lowest BCUT2D eigenvalue weighted by Crippen LogP contribution is -2.34. The number of anilines is 2. The van der Waals surface area contributed by atoms with Crippen molar-refractivity contribution in [2.75, 3.05) is 36.9 Å². The molecule has 226 valence electrons. The fourth-order valence-corrected chi connectivity index (χ4v) is 5.26. The summed E-state index contributed by atoms with van der Waals surface area (Å²) in [6.07, 6.45) is 4.70. The number of hydrogen-bond acceptors (Lipinski definition) is 9. The number of aromatic nitrogens is 4. The van der Waals surface area contributed by atoms with Crippen LogP contribution in [0.15, 0.2) is 66.7 Å². The maximum atomic E-state index is 12.6. The molecule has 4 aromatic rings. The topological polar surface area (TPSA) is 122 Å². The van der Waals surface area contributed by atoms with Crippen molar-refractivity contribution in [1.82, 2.24) is 25.3 Å². The summed E-state index contributed by atoms with van der Waals surface area (Å²) in [6.45, 7) is 5.95. The van der Waals surface area contributed by atoms with Crippen LogP contribution in [0, 0.1) is 0 Å². The van der Waals surface area contributed by atoms with E-state index >= 15 is 0 Å². The van der Waals surface area contributed by atoms with Gasteiger partial charge in [0.1, 0.15) is 10.8 Å². The van der Waals surface area contributed by atoms with Crippen LogP contribution in [0.4, 0.5) is 10.9 Å². The SMILES string of the molecule is CCN(CC)C(=O)COc1cccc(CC(=O)Nc2ccc(CCCCc3nnc(NCCc4ccccc4)s3)nn2)c1. The Labute approximate surface area is 256 Å². The number of rotatable bonds is 17. The molecule has 0 aliphatic heterocycles. The molecule has 0 saturated heterocycles. The van der Waals surface area contributed by atoms with E-state index in [2.05, 4.69) is 55.3 Å². The average Bonchev–Trinajstić information content (AvgIpc) is 3.48. The number of carbonyl (C=O) groups is 2. The van der Waals surface area contributed by atoms with E-state index in [4.69, 9.17) is 4.74 Å². The van der Waals surface area contributed by atoms with Crippen molar-refractivity contribution in [2.24, 2.45) is 0 Å². The van der Waals surface area contributed by atoms with Crippen LogP contribution in [-0.4, -0.2) is 63.4 Å². The molecule has 4 rings (SSSR count). The highest BCUT2D eigenvalue weighted by atomic mass is 32.1. The molecule has 0 unspecified atom stereocenters. The van der Waals surface area contributed by atoms with Gasteiger partial charge in [-0.3, -0.25) is 9.59 Å². The van der Waals surface area contributed by atoms with Gasteiger partial charge in [0.15, 0.2) is 12.4 Å².